The van der Waals surface area contributed by atoms with Crippen LogP contribution < -0.4 is 11.0 Å². The van der Waals surface area contributed by atoms with Crippen molar-refractivity contribution in [1.82, 2.24) is 39.4 Å². The quantitative estimate of drug-likeness (QED) is 0.279. The molecule has 4 rings (SSSR count). The maximum atomic E-state index is 14.2. The van der Waals surface area contributed by atoms with Crippen LogP contribution in [0.1, 0.15) is 26.6 Å². The second-order valence-electron chi connectivity index (χ2n) is 9.47. The van der Waals surface area contributed by atoms with E-state index >= 15 is 0 Å². The molecule has 1 unspecified atom stereocenters. The third kappa shape index (κ3) is 6.97. The average molecular weight is 627 g/mol. The Labute approximate surface area is 246 Å². The number of carbonyl (C=O) groups excluding carboxylic acids is 2. The molecule has 17 heteroatoms. The van der Waals surface area contributed by atoms with Crippen LogP contribution in [0.4, 0.5) is 13.2 Å². The fraction of sp³-hybridized carbons (Fsp3) is 0.320. The number of alkyl halides is 3. The molecule has 0 saturated carbocycles. The van der Waals surface area contributed by atoms with Gasteiger partial charge in [-0.15, -0.1) is 10.2 Å². The van der Waals surface area contributed by atoms with Gasteiger partial charge < -0.3 is 10.1 Å². The molecule has 0 aliphatic carbocycles. The number of halogens is 5. The molecule has 0 radical (unpaired) electrons. The first-order chi connectivity index (χ1) is 19.7. The van der Waals surface area contributed by atoms with Crippen LogP contribution in [0, 0.1) is 0 Å². The van der Waals surface area contributed by atoms with Gasteiger partial charge in [0.2, 0.25) is 0 Å². The maximum Gasteiger partial charge on any atom is 0.410 e. The number of amides is 1. The second kappa shape index (κ2) is 11.9. The maximum absolute atomic E-state index is 14.2. The predicted molar refractivity (Wildman–Crippen MR) is 144 cm³/mol. The number of nitrogens with zero attached hydrogens (tertiary/aromatic N) is 7. The summed E-state index contributed by atoms with van der Waals surface area (Å²) in [7, 11) is 0. The molecular weight excluding hydrogens is 604 g/mol. The van der Waals surface area contributed by atoms with E-state index in [-0.39, 0.29) is 34.6 Å². The van der Waals surface area contributed by atoms with Gasteiger partial charge in [0.15, 0.2) is 23.1 Å². The van der Waals surface area contributed by atoms with Crippen LogP contribution in [0.3, 0.4) is 0 Å². The van der Waals surface area contributed by atoms with E-state index in [1.165, 1.54) is 41.5 Å². The topological polar surface area (TPSA) is 139 Å². The Morgan fingerprint density at radius 2 is 1.76 bits per heavy atom. The van der Waals surface area contributed by atoms with Gasteiger partial charge in [-0.3, -0.25) is 14.2 Å². The molecule has 0 aliphatic heterocycles. The molecule has 0 spiro atoms. The molecule has 0 bridgehead atoms. The Bertz CT molecular complexity index is 1660. The minimum absolute atomic E-state index is 0.0925. The van der Waals surface area contributed by atoms with Crippen LogP contribution in [0.5, 0.6) is 0 Å². The summed E-state index contributed by atoms with van der Waals surface area (Å²) in [4.78, 5) is 45.7. The largest absolute Gasteiger partial charge is 0.450 e. The highest BCUT2D eigenvalue weighted by Crippen LogP contribution is 2.25. The predicted octanol–water partition coefficient (Wildman–Crippen LogP) is 3.43. The average Bonchev–Trinajstić information content (AvgIpc) is 3.48. The van der Waals surface area contributed by atoms with Gasteiger partial charge in [-0.05, 0) is 50.2 Å². The third-order valence-electron chi connectivity index (χ3n) is 5.82. The van der Waals surface area contributed by atoms with Crippen molar-refractivity contribution in [2.75, 3.05) is 0 Å². The van der Waals surface area contributed by atoms with E-state index in [0.717, 1.165) is 30.0 Å². The van der Waals surface area contributed by atoms with Crippen molar-refractivity contribution in [3.8, 4) is 17.2 Å². The summed E-state index contributed by atoms with van der Waals surface area (Å²) in [6.45, 7) is 1.95. The number of aromatic nitrogens is 7. The van der Waals surface area contributed by atoms with Crippen LogP contribution in [-0.4, -0.2) is 63.8 Å². The molecule has 222 valence electrons. The van der Waals surface area contributed by atoms with E-state index in [1.54, 1.807) is 12.1 Å². The van der Waals surface area contributed by atoms with Crippen LogP contribution in [-0.2, 0) is 27.4 Å². The highest BCUT2D eigenvalue weighted by Gasteiger charge is 2.44. The lowest BCUT2D eigenvalue weighted by atomic mass is 10.1. The van der Waals surface area contributed by atoms with Gasteiger partial charge in [-0.25, -0.2) is 24.1 Å². The Hall–Kier alpha value is -4.24. The van der Waals surface area contributed by atoms with Crippen molar-refractivity contribution < 1.29 is 27.5 Å². The summed E-state index contributed by atoms with van der Waals surface area (Å²) >= 11 is 12.1. The summed E-state index contributed by atoms with van der Waals surface area (Å²) in [5.74, 6) is -1.83. The molecule has 1 atom stereocenters. The van der Waals surface area contributed by atoms with Gasteiger partial charge in [0.25, 0.3) is 5.91 Å². The van der Waals surface area contributed by atoms with E-state index in [4.69, 9.17) is 27.9 Å². The van der Waals surface area contributed by atoms with Crippen molar-refractivity contribution in [3.05, 3.63) is 75.3 Å². The van der Waals surface area contributed by atoms with Crippen LogP contribution >= 0.6 is 23.2 Å². The standard InChI is InChI=1S/C25H23Cl2F3N8O4/c1-14(39)42-24(2,3)22(40)33-18(25(28,29)30)11-36-20(15-6-8-16(26)9-7-15)35-37(23(36)41)12-19-32-13-38(34-19)21-17(27)5-4-10-31-21/h4-10,13,18H,11-12H2,1-3H3,(H,33,40). The number of pyridine rings is 1. The van der Waals surface area contributed by atoms with Crippen molar-refractivity contribution >= 4 is 35.1 Å². The summed E-state index contributed by atoms with van der Waals surface area (Å²) in [5, 5.41) is 11.0. The molecule has 0 aliphatic rings. The van der Waals surface area contributed by atoms with E-state index < -0.39 is 41.9 Å². The molecule has 0 saturated heterocycles. The zero-order valence-electron chi connectivity index (χ0n) is 22.3. The molecule has 0 fully saturated rings. The highest BCUT2D eigenvalue weighted by molar-refractivity contribution is 6.32. The van der Waals surface area contributed by atoms with Gasteiger partial charge in [-0.1, -0.05) is 23.2 Å². The van der Waals surface area contributed by atoms with E-state index in [1.807, 2.05) is 5.32 Å². The van der Waals surface area contributed by atoms with Gasteiger partial charge in [0.05, 0.1) is 11.6 Å². The Morgan fingerprint density at radius 1 is 1.07 bits per heavy atom. The smallest absolute Gasteiger partial charge is 0.410 e. The fourth-order valence-corrected chi connectivity index (χ4v) is 4.16. The number of nitrogens with one attached hydrogen (secondary N) is 1. The lowest BCUT2D eigenvalue weighted by molar-refractivity contribution is -0.175. The number of hydrogen-bond donors (Lipinski definition) is 1. The molecule has 1 aromatic carbocycles. The van der Waals surface area contributed by atoms with Crippen molar-refractivity contribution in [1.29, 1.82) is 0 Å². The first-order valence-corrected chi connectivity index (χ1v) is 12.9. The molecule has 3 aromatic heterocycles. The molecule has 3 heterocycles. The van der Waals surface area contributed by atoms with E-state index in [0.29, 0.717) is 5.02 Å². The minimum atomic E-state index is -5.00. The fourth-order valence-electron chi connectivity index (χ4n) is 3.82. The van der Waals surface area contributed by atoms with E-state index in [9.17, 15) is 27.6 Å². The monoisotopic (exact) mass is 626 g/mol. The lowest BCUT2D eigenvalue weighted by Gasteiger charge is -2.28. The number of hydrogen-bond acceptors (Lipinski definition) is 8. The van der Waals surface area contributed by atoms with Crippen molar-refractivity contribution in [3.63, 3.8) is 0 Å². The Kier molecular flexibility index (Phi) is 8.73. The van der Waals surface area contributed by atoms with Gasteiger partial charge in [0.1, 0.15) is 18.9 Å². The summed E-state index contributed by atoms with van der Waals surface area (Å²) in [6.07, 6.45) is -2.19. The number of benzene rings is 1. The summed E-state index contributed by atoms with van der Waals surface area (Å²) in [6, 6.07) is 6.59. The first-order valence-electron chi connectivity index (χ1n) is 12.2. The molecule has 12 nitrogen and oxygen atoms in total. The lowest BCUT2D eigenvalue weighted by Crippen LogP contribution is -2.55. The molecule has 42 heavy (non-hydrogen) atoms. The molecule has 1 N–H and O–H groups in total. The zero-order chi connectivity index (χ0) is 30.8. The Balaban J connectivity index is 1.71. The summed E-state index contributed by atoms with van der Waals surface area (Å²) < 4.78 is 50.3. The number of esters is 1. The third-order valence-corrected chi connectivity index (χ3v) is 6.37. The molecule has 4 aromatic rings. The van der Waals surface area contributed by atoms with Crippen molar-refractivity contribution in [2.24, 2.45) is 0 Å². The first kappa shape index (κ1) is 30.7. The Morgan fingerprint density at radius 3 is 2.38 bits per heavy atom. The van der Waals surface area contributed by atoms with Crippen LogP contribution in [0.25, 0.3) is 17.2 Å². The van der Waals surface area contributed by atoms with Gasteiger partial charge in [-0.2, -0.15) is 13.2 Å². The SMILES string of the molecule is CC(=O)OC(C)(C)C(=O)NC(Cn1c(-c2ccc(Cl)cc2)nn(Cc2ncn(-c3ncccc3Cl)n2)c1=O)C(F)(F)F. The minimum Gasteiger partial charge on any atom is -0.450 e. The second-order valence-corrected chi connectivity index (χ2v) is 10.3. The van der Waals surface area contributed by atoms with Gasteiger partial charge in [0, 0.05) is 23.7 Å². The van der Waals surface area contributed by atoms with Crippen LogP contribution in [0.2, 0.25) is 10.0 Å². The van der Waals surface area contributed by atoms with E-state index in [2.05, 4.69) is 20.2 Å². The number of carbonyl (C=O) groups is 2. The summed E-state index contributed by atoms with van der Waals surface area (Å²) in [5.41, 5.74) is -2.57. The normalized spacial score (nSPS) is 12.7. The molecular formula is C25H23Cl2F3N8O4. The number of ether oxygens (including phenoxy) is 1. The molecule has 1 amide bonds. The number of rotatable bonds is 9. The van der Waals surface area contributed by atoms with Crippen LogP contribution in [0.15, 0.2) is 53.7 Å². The van der Waals surface area contributed by atoms with Crippen molar-refractivity contribution in [2.45, 2.75) is 51.7 Å². The zero-order valence-corrected chi connectivity index (χ0v) is 23.8. The highest BCUT2D eigenvalue weighted by atomic mass is 35.5. The van der Waals surface area contributed by atoms with Gasteiger partial charge >= 0.3 is 17.8 Å².